The number of likely N-dealkylation sites (N-methyl/N-ethyl adjacent to an activating group) is 1. The molecule has 1 aliphatic heterocycles. The minimum Gasteiger partial charge on any atom is -0.317 e. The van der Waals surface area contributed by atoms with Crippen molar-refractivity contribution in [3.05, 3.63) is 35.4 Å². The fourth-order valence-electron chi connectivity index (χ4n) is 3.02. The number of benzene rings is 1. The van der Waals surface area contributed by atoms with Crippen molar-refractivity contribution < 1.29 is 0 Å². The molecule has 2 heteroatoms. The summed E-state index contributed by atoms with van der Waals surface area (Å²) in [5.41, 5.74) is 2.91. The van der Waals surface area contributed by atoms with E-state index in [1.165, 1.54) is 36.9 Å². The Morgan fingerprint density at radius 3 is 2.58 bits per heavy atom. The maximum absolute atomic E-state index is 3.38. The minimum atomic E-state index is 0.813. The van der Waals surface area contributed by atoms with E-state index in [-0.39, 0.29) is 0 Å². The monoisotopic (exact) mass is 260 g/mol. The average Bonchev–Trinajstić information content (AvgIpc) is 2.88. The molecular formula is C17H28N2. The van der Waals surface area contributed by atoms with E-state index >= 15 is 0 Å². The molecule has 106 valence electrons. The first-order valence-electron chi connectivity index (χ1n) is 7.86. The van der Waals surface area contributed by atoms with Gasteiger partial charge in [-0.1, -0.05) is 38.1 Å². The van der Waals surface area contributed by atoms with Gasteiger partial charge >= 0.3 is 0 Å². The van der Waals surface area contributed by atoms with Gasteiger partial charge in [-0.05, 0) is 56.4 Å². The van der Waals surface area contributed by atoms with E-state index in [0.717, 1.165) is 32.1 Å². The first-order valence-corrected chi connectivity index (χ1v) is 7.86. The maximum Gasteiger partial charge on any atom is 0.0236 e. The van der Waals surface area contributed by atoms with Crippen molar-refractivity contribution >= 4 is 0 Å². The topological polar surface area (TPSA) is 15.3 Å². The Hall–Kier alpha value is -0.860. The van der Waals surface area contributed by atoms with Gasteiger partial charge in [0.2, 0.25) is 0 Å². The highest BCUT2D eigenvalue weighted by molar-refractivity contribution is 5.23. The van der Waals surface area contributed by atoms with Crippen molar-refractivity contribution in [2.45, 2.75) is 52.1 Å². The molecule has 1 aromatic rings. The van der Waals surface area contributed by atoms with Gasteiger partial charge in [0.25, 0.3) is 0 Å². The summed E-state index contributed by atoms with van der Waals surface area (Å²) < 4.78 is 0. The standard InChI is InChI=1S/C17H28N2/c1-3-17-6-5-13-19(17)14-16-9-7-15(8-10-16)11-12-18-4-2/h7-10,17-18H,3-6,11-14H2,1-2H3. The van der Waals surface area contributed by atoms with Gasteiger partial charge in [0.1, 0.15) is 0 Å². The predicted molar refractivity (Wildman–Crippen MR) is 82.4 cm³/mol. The molecule has 2 nitrogen and oxygen atoms in total. The van der Waals surface area contributed by atoms with Gasteiger partial charge in [0.05, 0.1) is 0 Å². The molecule has 1 heterocycles. The van der Waals surface area contributed by atoms with Crippen LogP contribution in [0.2, 0.25) is 0 Å². The summed E-state index contributed by atoms with van der Waals surface area (Å²) in [5.74, 6) is 0. The normalized spacial score (nSPS) is 20.0. The number of nitrogens with one attached hydrogen (secondary N) is 1. The van der Waals surface area contributed by atoms with Gasteiger partial charge in [0.15, 0.2) is 0 Å². The lowest BCUT2D eigenvalue weighted by Crippen LogP contribution is -2.28. The quantitative estimate of drug-likeness (QED) is 0.757. The molecule has 0 bridgehead atoms. The Kier molecular flexibility index (Phi) is 5.87. The molecule has 19 heavy (non-hydrogen) atoms. The molecule has 0 radical (unpaired) electrons. The van der Waals surface area contributed by atoms with Crippen molar-refractivity contribution in [3.8, 4) is 0 Å². The van der Waals surface area contributed by atoms with Crippen LogP contribution in [0.4, 0.5) is 0 Å². The van der Waals surface area contributed by atoms with Gasteiger partial charge < -0.3 is 5.32 Å². The zero-order chi connectivity index (χ0) is 13.5. The average molecular weight is 260 g/mol. The van der Waals surface area contributed by atoms with Gasteiger partial charge in [-0.15, -0.1) is 0 Å². The molecule has 0 spiro atoms. The maximum atomic E-state index is 3.38. The van der Waals surface area contributed by atoms with Crippen molar-refractivity contribution in [3.63, 3.8) is 0 Å². The highest BCUT2D eigenvalue weighted by atomic mass is 15.2. The van der Waals surface area contributed by atoms with E-state index in [9.17, 15) is 0 Å². The number of hydrogen-bond acceptors (Lipinski definition) is 2. The SMILES string of the molecule is CCNCCc1ccc(CN2CCCC2CC)cc1. The van der Waals surface area contributed by atoms with Crippen molar-refractivity contribution in [1.82, 2.24) is 10.2 Å². The molecule has 0 aromatic heterocycles. The van der Waals surface area contributed by atoms with E-state index in [1.54, 1.807) is 0 Å². The molecule has 0 amide bonds. The van der Waals surface area contributed by atoms with Crippen LogP contribution in [0.3, 0.4) is 0 Å². The minimum absolute atomic E-state index is 0.813. The Morgan fingerprint density at radius 1 is 1.16 bits per heavy atom. The third kappa shape index (κ3) is 4.32. The second kappa shape index (κ2) is 7.66. The second-order valence-electron chi connectivity index (χ2n) is 5.59. The van der Waals surface area contributed by atoms with Crippen LogP contribution in [0.1, 0.15) is 44.2 Å². The molecule has 1 N–H and O–H groups in total. The van der Waals surface area contributed by atoms with Crippen LogP contribution in [0.15, 0.2) is 24.3 Å². The number of rotatable bonds is 7. The molecule has 1 saturated heterocycles. The smallest absolute Gasteiger partial charge is 0.0236 e. The number of nitrogens with zero attached hydrogens (tertiary/aromatic N) is 1. The summed E-state index contributed by atoms with van der Waals surface area (Å²) in [4.78, 5) is 2.65. The lowest BCUT2D eigenvalue weighted by Gasteiger charge is -2.23. The molecule has 1 atom stereocenters. The van der Waals surface area contributed by atoms with Crippen LogP contribution in [0.25, 0.3) is 0 Å². The largest absolute Gasteiger partial charge is 0.317 e. The highest BCUT2D eigenvalue weighted by Crippen LogP contribution is 2.22. The Balaban J connectivity index is 1.84. The number of likely N-dealkylation sites (tertiary alicyclic amines) is 1. The van der Waals surface area contributed by atoms with E-state index in [1.807, 2.05) is 0 Å². The summed E-state index contributed by atoms with van der Waals surface area (Å²) in [6.07, 6.45) is 5.19. The third-order valence-electron chi connectivity index (χ3n) is 4.22. The zero-order valence-corrected chi connectivity index (χ0v) is 12.5. The van der Waals surface area contributed by atoms with Crippen molar-refractivity contribution in [2.75, 3.05) is 19.6 Å². The second-order valence-corrected chi connectivity index (χ2v) is 5.59. The molecule has 0 saturated carbocycles. The molecular weight excluding hydrogens is 232 g/mol. The van der Waals surface area contributed by atoms with Gasteiger partial charge in [-0.3, -0.25) is 4.90 Å². The van der Waals surface area contributed by atoms with Crippen LogP contribution in [0.5, 0.6) is 0 Å². The van der Waals surface area contributed by atoms with Gasteiger partial charge in [-0.25, -0.2) is 0 Å². The highest BCUT2D eigenvalue weighted by Gasteiger charge is 2.22. The Morgan fingerprint density at radius 2 is 1.89 bits per heavy atom. The Labute approximate surface area is 118 Å². The van der Waals surface area contributed by atoms with E-state index in [4.69, 9.17) is 0 Å². The van der Waals surface area contributed by atoms with Crippen molar-refractivity contribution in [1.29, 1.82) is 0 Å². The summed E-state index contributed by atoms with van der Waals surface area (Å²) >= 11 is 0. The molecule has 0 aliphatic carbocycles. The van der Waals surface area contributed by atoms with E-state index in [2.05, 4.69) is 48.3 Å². The lowest BCUT2D eigenvalue weighted by atomic mass is 10.1. The summed E-state index contributed by atoms with van der Waals surface area (Å²) in [5, 5.41) is 3.38. The third-order valence-corrected chi connectivity index (χ3v) is 4.22. The fraction of sp³-hybridized carbons (Fsp3) is 0.647. The molecule has 2 rings (SSSR count). The lowest BCUT2D eigenvalue weighted by molar-refractivity contribution is 0.240. The predicted octanol–water partition coefficient (Wildman–Crippen LogP) is 3.21. The van der Waals surface area contributed by atoms with E-state index in [0.29, 0.717) is 0 Å². The molecule has 1 unspecified atom stereocenters. The van der Waals surface area contributed by atoms with Crippen LogP contribution in [-0.4, -0.2) is 30.6 Å². The molecule has 1 aliphatic rings. The first-order chi connectivity index (χ1) is 9.33. The van der Waals surface area contributed by atoms with Gasteiger partial charge in [-0.2, -0.15) is 0 Å². The van der Waals surface area contributed by atoms with Crippen LogP contribution in [0, 0.1) is 0 Å². The summed E-state index contributed by atoms with van der Waals surface area (Å²) in [6, 6.07) is 10.0. The zero-order valence-electron chi connectivity index (χ0n) is 12.5. The molecule has 1 aromatic carbocycles. The number of hydrogen-bond donors (Lipinski definition) is 1. The summed E-state index contributed by atoms with van der Waals surface area (Å²) in [6.45, 7) is 9.02. The van der Waals surface area contributed by atoms with Gasteiger partial charge in [0, 0.05) is 12.6 Å². The van der Waals surface area contributed by atoms with E-state index < -0.39 is 0 Å². The van der Waals surface area contributed by atoms with Crippen molar-refractivity contribution in [2.24, 2.45) is 0 Å². The van der Waals surface area contributed by atoms with Crippen LogP contribution >= 0.6 is 0 Å². The van der Waals surface area contributed by atoms with Crippen LogP contribution in [-0.2, 0) is 13.0 Å². The first kappa shape index (κ1) is 14.5. The Bertz CT molecular complexity index is 358. The van der Waals surface area contributed by atoms with Crippen LogP contribution < -0.4 is 5.32 Å². The fourth-order valence-corrected chi connectivity index (χ4v) is 3.02. The summed E-state index contributed by atoms with van der Waals surface area (Å²) in [7, 11) is 0. The molecule has 1 fully saturated rings.